The van der Waals surface area contributed by atoms with E-state index in [1.807, 2.05) is 11.4 Å². The van der Waals surface area contributed by atoms with Crippen molar-refractivity contribution in [2.24, 2.45) is 0 Å². The molecule has 2 heterocycles. The van der Waals surface area contributed by atoms with Crippen LogP contribution in [0.4, 0.5) is 4.39 Å². The molecule has 1 fully saturated rings. The fourth-order valence-electron chi connectivity index (χ4n) is 2.95. The molecule has 8 heteroatoms. The molecule has 1 aliphatic heterocycles. The van der Waals surface area contributed by atoms with Crippen LogP contribution in [0, 0.1) is 5.82 Å². The molecule has 0 bridgehead atoms. The summed E-state index contributed by atoms with van der Waals surface area (Å²) >= 11 is 1.65. The molecule has 1 aromatic heterocycles. The minimum Gasteiger partial charge on any atom is -0.379 e. The number of hydrogen-bond donors (Lipinski definition) is 2. The van der Waals surface area contributed by atoms with E-state index in [-0.39, 0.29) is 24.1 Å². The molecule has 0 spiro atoms. The second-order valence-electron chi connectivity index (χ2n) is 6.15. The Morgan fingerprint density at radius 1 is 1.15 bits per heavy atom. The molecule has 3 rings (SSSR count). The predicted octanol–water partition coefficient (Wildman–Crippen LogP) is 1.81. The Bertz CT molecular complexity index is 763. The van der Waals surface area contributed by atoms with Gasteiger partial charge in [-0.2, -0.15) is 0 Å². The highest BCUT2D eigenvalue weighted by atomic mass is 32.1. The Balaban J connectivity index is 1.52. The molecule has 2 aromatic rings. The topological polar surface area (TPSA) is 70.7 Å². The summed E-state index contributed by atoms with van der Waals surface area (Å²) in [5, 5.41) is 7.34. The van der Waals surface area contributed by atoms with Crippen molar-refractivity contribution in [3.05, 3.63) is 58.0 Å². The first-order valence-corrected chi connectivity index (χ1v) is 9.67. The minimum atomic E-state index is -0.611. The number of carbonyl (C=O) groups is 2. The number of rotatable bonds is 7. The van der Waals surface area contributed by atoms with Gasteiger partial charge in [0.25, 0.3) is 5.91 Å². The number of morpholine rings is 1. The van der Waals surface area contributed by atoms with Gasteiger partial charge in [-0.1, -0.05) is 18.2 Å². The molecule has 1 aromatic carbocycles. The largest absolute Gasteiger partial charge is 0.379 e. The maximum atomic E-state index is 13.6. The minimum absolute atomic E-state index is 0.0696. The van der Waals surface area contributed by atoms with Crippen molar-refractivity contribution in [3.63, 3.8) is 0 Å². The van der Waals surface area contributed by atoms with E-state index < -0.39 is 11.7 Å². The van der Waals surface area contributed by atoms with Crippen molar-refractivity contribution in [2.45, 2.75) is 6.04 Å². The molecular weight excluding hydrogens is 369 g/mol. The molecule has 6 nitrogen and oxygen atoms in total. The number of carbonyl (C=O) groups excluding carboxylic acids is 2. The molecule has 1 atom stereocenters. The molecule has 27 heavy (non-hydrogen) atoms. The van der Waals surface area contributed by atoms with Gasteiger partial charge >= 0.3 is 0 Å². The molecular formula is C19H22FN3O3S. The van der Waals surface area contributed by atoms with Crippen molar-refractivity contribution in [3.8, 4) is 0 Å². The fourth-order valence-corrected chi connectivity index (χ4v) is 3.81. The zero-order valence-corrected chi connectivity index (χ0v) is 15.6. The van der Waals surface area contributed by atoms with Gasteiger partial charge in [0.05, 0.1) is 31.4 Å². The number of thiophene rings is 1. The maximum absolute atomic E-state index is 13.6. The lowest BCUT2D eigenvalue weighted by atomic mass is 10.2. The van der Waals surface area contributed by atoms with Crippen LogP contribution in [-0.2, 0) is 9.53 Å². The third-order valence-corrected chi connectivity index (χ3v) is 5.35. The van der Waals surface area contributed by atoms with Crippen LogP contribution in [0.1, 0.15) is 21.3 Å². The molecule has 0 unspecified atom stereocenters. The lowest BCUT2D eigenvalue weighted by Crippen LogP contribution is -2.45. The number of amides is 2. The fraction of sp³-hybridized carbons (Fsp3) is 0.368. The van der Waals surface area contributed by atoms with E-state index in [4.69, 9.17) is 4.74 Å². The molecule has 2 amide bonds. The average Bonchev–Trinajstić information content (AvgIpc) is 3.22. The lowest BCUT2D eigenvalue weighted by molar-refractivity contribution is -0.120. The van der Waals surface area contributed by atoms with Crippen LogP contribution in [0.5, 0.6) is 0 Å². The van der Waals surface area contributed by atoms with E-state index >= 15 is 0 Å². The van der Waals surface area contributed by atoms with Gasteiger partial charge in [-0.3, -0.25) is 14.5 Å². The van der Waals surface area contributed by atoms with E-state index in [2.05, 4.69) is 21.6 Å². The summed E-state index contributed by atoms with van der Waals surface area (Å²) in [6.45, 7) is 3.20. The summed E-state index contributed by atoms with van der Waals surface area (Å²) in [4.78, 5) is 27.6. The molecule has 0 saturated carbocycles. The number of nitrogens with zero attached hydrogens (tertiary/aromatic N) is 1. The number of nitrogens with one attached hydrogen (secondary N) is 2. The highest BCUT2D eigenvalue weighted by molar-refractivity contribution is 7.10. The van der Waals surface area contributed by atoms with Crippen molar-refractivity contribution >= 4 is 23.2 Å². The number of halogens is 1. The van der Waals surface area contributed by atoms with E-state index in [1.165, 1.54) is 23.1 Å². The van der Waals surface area contributed by atoms with Gasteiger partial charge in [0, 0.05) is 24.5 Å². The highest BCUT2D eigenvalue weighted by Gasteiger charge is 2.24. The number of ether oxygens (including phenoxy) is 1. The first-order chi connectivity index (χ1) is 13.1. The summed E-state index contributed by atoms with van der Waals surface area (Å²) in [6.07, 6.45) is 0. The quantitative estimate of drug-likeness (QED) is 0.755. The van der Waals surface area contributed by atoms with Crippen LogP contribution in [0.25, 0.3) is 0 Å². The summed E-state index contributed by atoms with van der Waals surface area (Å²) in [5.74, 6) is -1.53. The summed E-state index contributed by atoms with van der Waals surface area (Å²) in [7, 11) is 0. The summed E-state index contributed by atoms with van der Waals surface area (Å²) in [6, 6.07) is 9.79. The zero-order chi connectivity index (χ0) is 19.1. The lowest BCUT2D eigenvalue weighted by Gasteiger charge is -2.34. The third kappa shape index (κ3) is 5.35. The Morgan fingerprint density at radius 3 is 2.63 bits per heavy atom. The Morgan fingerprint density at radius 2 is 1.93 bits per heavy atom. The Hall–Kier alpha value is -2.29. The second kappa shape index (κ2) is 9.59. The molecule has 1 aliphatic rings. The normalized spacial score (nSPS) is 15.9. The van der Waals surface area contributed by atoms with Gasteiger partial charge < -0.3 is 15.4 Å². The van der Waals surface area contributed by atoms with E-state index in [0.717, 1.165) is 13.1 Å². The van der Waals surface area contributed by atoms with E-state index in [1.54, 1.807) is 17.4 Å². The van der Waals surface area contributed by atoms with Crippen LogP contribution in [0.15, 0.2) is 41.8 Å². The molecule has 2 N–H and O–H groups in total. The van der Waals surface area contributed by atoms with E-state index in [9.17, 15) is 14.0 Å². The van der Waals surface area contributed by atoms with Gasteiger partial charge in [-0.25, -0.2) is 4.39 Å². The number of benzene rings is 1. The van der Waals surface area contributed by atoms with Crippen LogP contribution in [0.2, 0.25) is 0 Å². The Kier molecular flexibility index (Phi) is 6.92. The first kappa shape index (κ1) is 19.5. The zero-order valence-electron chi connectivity index (χ0n) is 14.8. The standard InChI is InChI=1S/C19H22FN3O3S/c20-15-5-2-1-4-14(15)19(25)22-13-18(24)21-12-16(17-6-3-11-27-17)23-7-9-26-10-8-23/h1-6,11,16H,7-10,12-13H2,(H,21,24)(H,22,25)/t16-/m0/s1. The van der Waals surface area contributed by atoms with Crippen molar-refractivity contribution < 1.29 is 18.7 Å². The summed E-state index contributed by atoms with van der Waals surface area (Å²) < 4.78 is 19.0. The number of hydrogen-bond acceptors (Lipinski definition) is 5. The highest BCUT2D eigenvalue weighted by Crippen LogP contribution is 2.25. The van der Waals surface area contributed by atoms with Crippen LogP contribution in [-0.4, -0.2) is 56.1 Å². The Labute approximate surface area is 161 Å². The van der Waals surface area contributed by atoms with Crippen molar-refractivity contribution in [1.82, 2.24) is 15.5 Å². The van der Waals surface area contributed by atoms with Gasteiger partial charge in [0.15, 0.2) is 0 Å². The maximum Gasteiger partial charge on any atom is 0.254 e. The van der Waals surface area contributed by atoms with Crippen molar-refractivity contribution in [2.75, 3.05) is 39.4 Å². The van der Waals surface area contributed by atoms with Crippen LogP contribution < -0.4 is 10.6 Å². The van der Waals surface area contributed by atoms with Gasteiger partial charge in [-0.05, 0) is 23.6 Å². The predicted molar refractivity (Wildman–Crippen MR) is 101 cm³/mol. The first-order valence-electron chi connectivity index (χ1n) is 8.80. The SMILES string of the molecule is O=C(CNC(=O)c1ccccc1F)NC[C@@H](c1cccs1)N1CCOCC1. The van der Waals surface area contributed by atoms with Crippen LogP contribution in [0.3, 0.4) is 0 Å². The molecule has 1 saturated heterocycles. The smallest absolute Gasteiger partial charge is 0.254 e. The van der Waals surface area contributed by atoms with Gasteiger partial charge in [0.2, 0.25) is 5.91 Å². The van der Waals surface area contributed by atoms with Gasteiger partial charge in [0.1, 0.15) is 5.82 Å². The average molecular weight is 391 g/mol. The summed E-state index contributed by atoms with van der Waals surface area (Å²) in [5.41, 5.74) is -0.0740. The molecule has 144 valence electrons. The van der Waals surface area contributed by atoms with Gasteiger partial charge in [-0.15, -0.1) is 11.3 Å². The third-order valence-electron chi connectivity index (χ3n) is 4.38. The van der Waals surface area contributed by atoms with Crippen LogP contribution >= 0.6 is 11.3 Å². The van der Waals surface area contributed by atoms with Crippen molar-refractivity contribution in [1.29, 1.82) is 0 Å². The molecule has 0 radical (unpaired) electrons. The second-order valence-corrected chi connectivity index (χ2v) is 7.13. The monoisotopic (exact) mass is 391 g/mol. The molecule has 0 aliphatic carbocycles. The van der Waals surface area contributed by atoms with E-state index in [0.29, 0.717) is 19.8 Å².